The summed E-state index contributed by atoms with van der Waals surface area (Å²) < 4.78 is 0. The van der Waals surface area contributed by atoms with Crippen LogP contribution in [-0.4, -0.2) is 4.98 Å². The lowest BCUT2D eigenvalue weighted by molar-refractivity contribution is 0.847. The zero-order valence-electron chi connectivity index (χ0n) is 26.4. The molecule has 1 aromatic heterocycles. The Morgan fingerprint density at radius 3 is 2.00 bits per heavy atom. The van der Waals surface area contributed by atoms with Crippen LogP contribution < -0.4 is 0 Å². The summed E-state index contributed by atoms with van der Waals surface area (Å²) in [5.41, 5.74) is 13.6. The van der Waals surface area contributed by atoms with Crippen LogP contribution in [0.4, 0.5) is 0 Å². The maximum atomic E-state index is 5.21. The van der Waals surface area contributed by atoms with Gasteiger partial charge in [0, 0.05) is 17.1 Å². The van der Waals surface area contributed by atoms with Gasteiger partial charge in [-0.15, -0.1) is 6.58 Å². The molecule has 1 unspecified atom stereocenters. The van der Waals surface area contributed by atoms with Crippen molar-refractivity contribution < 1.29 is 0 Å². The monoisotopic (exact) mass is 593 g/mol. The van der Waals surface area contributed by atoms with E-state index in [-0.39, 0.29) is 5.92 Å². The summed E-state index contributed by atoms with van der Waals surface area (Å²) in [5.74, 6) is 0.197. The van der Waals surface area contributed by atoms with Crippen LogP contribution in [0.3, 0.4) is 0 Å². The van der Waals surface area contributed by atoms with Gasteiger partial charge >= 0.3 is 0 Å². The van der Waals surface area contributed by atoms with Gasteiger partial charge in [0.2, 0.25) is 0 Å². The van der Waals surface area contributed by atoms with Crippen molar-refractivity contribution in [3.63, 3.8) is 0 Å². The van der Waals surface area contributed by atoms with E-state index in [1.165, 1.54) is 27.8 Å². The molecule has 0 radical (unpaired) electrons. The molecule has 1 aliphatic rings. The van der Waals surface area contributed by atoms with Crippen molar-refractivity contribution in [1.29, 1.82) is 0 Å². The average Bonchev–Trinajstić information content (AvgIpc) is 3.13. The van der Waals surface area contributed by atoms with Crippen LogP contribution in [0.2, 0.25) is 0 Å². The standard InChI is InChI=1S/C45H39N/c1-4-15-40(16-5-2)45(44-24-14-23-43(46-44)39-19-10-7-11-20-39)42-22-13-12-21-41(42)33(3)34-25-27-37(28-26-34)38-31-29-36(30-32-38)35-17-8-6-9-18-35/h4-14,16-25,27-32,34H,1,3,15,26H2,2H3/b16-5-,45-40-. The van der Waals surface area contributed by atoms with Crippen LogP contribution in [0.5, 0.6) is 0 Å². The molecule has 1 aliphatic carbocycles. The summed E-state index contributed by atoms with van der Waals surface area (Å²) in [4.78, 5) is 5.21. The van der Waals surface area contributed by atoms with Crippen molar-refractivity contribution in [3.05, 3.63) is 205 Å². The molecule has 1 atom stereocenters. The van der Waals surface area contributed by atoms with Crippen molar-refractivity contribution in [2.45, 2.75) is 19.8 Å². The maximum absolute atomic E-state index is 5.21. The number of rotatable bonds is 10. The molecule has 0 spiro atoms. The van der Waals surface area contributed by atoms with Crippen molar-refractivity contribution in [2.24, 2.45) is 5.92 Å². The van der Waals surface area contributed by atoms with Crippen LogP contribution in [0.15, 0.2) is 183 Å². The molecule has 0 N–H and O–H groups in total. The zero-order valence-corrected chi connectivity index (χ0v) is 26.4. The third-order valence-electron chi connectivity index (χ3n) is 8.54. The van der Waals surface area contributed by atoms with Gasteiger partial charge in [-0.05, 0) is 76.4 Å². The fourth-order valence-corrected chi connectivity index (χ4v) is 6.19. The number of pyridine rings is 1. The number of nitrogens with zero attached hydrogens (tertiary/aromatic N) is 1. The molecule has 46 heavy (non-hydrogen) atoms. The second-order valence-electron chi connectivity index (χ2n) is 11.5. The molecule has 4 aromatic carbocycles. The van der Waals surface area contributed by atoms with Gasteiger partial charge < -0.3 is 0 Å². The highest BCUT2D eigenvalue weighted by Gasteiger charge is 2.21. The van der Waals surface area contributed by atoms with E-state index < -0.39 is 0 Å². The molecule has 0 saturated heterocycles. The summed E-state index contributed by atoms with van der Waals surface area (Å²) in [6.07, 6.45) is 14.8. The first-order valence-electron chi connectivity index (χ1n) is 16.0. The minimum Gasteiger partial charge on any atom is -0.248 e. The molecule has 0 amide bonds. The molecule has 0 aliphatic heterocycles. The Morgan fingerprint density at radius 2 is 1.35 bits per heavy atom. The molecule has 1 heterocycles. The highest BCUT2D eigenvalue weighted by atomic mass is 14.7. The molecule has 1 nitrogen and oxygen atoms in total. The summed E-state index contributed by atoms with van der Waals surface area (Å²) in [5, 5.41) is 0. The number of hydrogen-bond donors (Lipinski definition) is 0. The molecule has 224 valence electrons. The fraction of sp³-hybridized carbons (Fsp3) is 0.0889. The Kier molecular flexibility index (Phi) is 9.61. The van der Waals surface area contributed by atoms with E-state index in [0.29, 0.717) is 0 Å². The van der Waals surface area contributed by atoms with Gasteiger partial charge in [-0.2, -0.15) is 0 Å². The summed E-state index contributed by atoms with van der Waals surface area (Å²) >= 11 is 0. The van der Waals surface area contributed by atoms with Crippen LogP contribution in [0.25, 0.3) is 39.1 Å². The van der Waals surface area contributed by atoms with Gasteiger partial charge in [0.25, 0.3) is 0 Å². The van der Waals surface area contributed by atoms with E-state index in [1.54, 1.807) is 0 Å². The smallest absolute Gasteiger partial charge is 0.0718 e. The first-order valence-corrected chi connectivity index (χ1v) is 16.0. The SMILES string of the molecule is C=CCC(/C=C\C)=C(/c1cccc(-c2ccccc2)n1)c1ccccc1C(=C)C1C=CC(c2ccc(-c3ccccc3)cc2)=CC1. The molecular weight excluding hydrogens is 555 g/mol. The topological polar surface area (TPSA) is 12.9 Å². The second kappa shape index (κ2) is 14.5. The molecule has 0 fully saturated rings. The van der Waals surface area contributed by atoms with Crippen molar-refractivity contribution in [2.75, 3.05) is 0 Å². The molecule has 1 heteroatoms. The lowest BCUT2D eigenvalue weighted by atomic mass is 9.81. The Hall–Kier alpha value is -5.53. The lowest BCUT2D eigenvalue weighted by Crippen LogP contribution is -2.06. The third kappa shape index (κ3) is 6.75. The number of benzene rings is 4. The van der Waals surface area contributed by atoms with Crippen LogP contribution >= 0.6 is 0 Å². The highest BCUT2D eigenvalue weighted by Crippen LogP contribution is 2.39. The van der Waals surface area contributed by atoms with E-state index in [4.69, 9.17) is 4.98 Å². The molecular formula is C45H39N. The Bertz CT molecular complexity index is 1950. The predicted molar refractivity (Wildman–Crippen MR) is 198 cm³/mol. The highest BCUT2D eigenvalue weighted by molar-refractivity contribution is 5.90. The largest absolute Gasteiger partial charge is 0.248 e. The second-order valence-corrected chi connectivity index (χ2v) is 11.5. The molecule has 5 aromatic rings. The van der Waals surface area contributed by atoms with Crippen LogP contribution in [0, 0.1) is 5.92 Å². The fourth-order valence-electron chi connectivity index (χ4n) is 6.19. The van der Waals surface area contributed by atoms with Gasteiger partial charge in [0.1, 0.15) is 0 Å². The zero-order chi connectivity index (χ0) is 31.7. The number of hydrogen-bond acceptors (Lipinski definition) is 1. The Morgan fingerprint density at radius 1 is 0.717 bits per heavy atom. The van der Waals surface area contributed by atoms with E-state index in [9.17, 15) is 0 Å². The number of allylic oxidation sites excluding steroid dienone is 9. The lowest BCUT2D eigenvalue weighted by Gasteiger charge is -2.23. The van der Waals surface area contributed by atoms with E-state index in [2.05, 4.69) is 172 Å². The predicted octanol–water partition coefficient (Wildman–Crippen LogP) is 12.0. The molecule has 0 bridgehead atoms. The Balaban J connectivity index is 1.32. The molecule has 0 saturated carbocycles. The van der Waals surface area contributed by atoms with E-state index in [0.717, 1.165) is 52.1 Å². The van der Waals surface area contributed by atoms with Gasteiger partial charge in [-0.1, -0.05) is 158 Å². The average molecular weight is 594 g/mol. The van der Waals surface area contributed by atoms with Gasteiger partial charge in [-0.25, -0.2) is 4.98 Å². The summed E-state index contributed by atoms with van der Waals surface area (Å²) in [6.45, 7) is 10.8. The third-order valence-corrected chi connectivity index (χ3v) is 8.54. The van der Waals surface area contributed by atoms with E-state index >= 15 is 0 Å². The maximum Gasteiger partial charge on any atom is 0.0718 e. The minimum atomic E-state index is 0.197. The quantitative estimate of drug-likeness (QED) is 0.116. The minimum absolute atomic E-state index is 0.197. The van der Waals surface area contributed by atoms with Crippen LogP contribution in [-0.2, 0) is 0 Å². The first-order chi connectivity index (χ1) is 22.7. The van der Waals surface area contributed by atoms with Crippen LogP contribution in [0.1, 0.15) is 42.1 Å². The van der Waals surface area contributed by atoms with Gasteiger partial charge in [0.15, 0.2) is 0 Å². The van der Waals surface area contributed by atoms with Gasteiger partial charge in [-0.3, -0.25) is 0 Å². The van der Waals surface area contributed by atoms with Crippen molar-refractivity contribution in [3.8, 4) is 22.4 Å². The summed E-state index contributed by atoms with van der Waals surface area (Å²) in [7, 11) is 0. The normalized spacial score (nSPS) is 14.9. The van der Waals surface area contributed by atoms with Crippen molar-refractivity contribution >= 4 is 16.7 Å². The first kappa shape index (κ1) is 30.5. The van der Waals surface area contributed by atoms with Crippen molar-refractivity contribution in [1.82, 2.24) is 4.98 Å². The van der Waals surface area contributed by atoms with E-state index in [1.807, 2.05) is 12.1 Å². The van der Waals surface area contributed by atoms with Gasteiger partial charge in [0.05, 0.1) is 11.4 Å². The Labute approximate surface area is 274 Å². The molecule has 6 rings (SSSR count). The summed E-state index contributed by atoms with van der Waals surface area (Å²) in [6, 6.07) is 44.7. The number of aromatic nitrogens is 1.